The number of hydrogen-bond donors (Lipinski definition) is 1. The number of benzene rings is 2. The van der Waals surface area contributed by atoms with E-state index in [0.29, 0.717) is 0 Å². The maximum atomic E-state index is 13.9. The van der Waals surface area contributed by atoms with Crippen molar-refractivity contribution in [2.45, 2.75) is 6.61 Å². The van der Waals surface area contributed by atoms with Crippen molar-refractivity contribution in [3.63, 3.8) is 0 Å². The van der Waals surface area contributed by atoms with Crippen molar-refractivity contribution in [3.8, 4) is 5.75 Å². The molecule has 0 saturated carbocycles. The van der Waals surface area contributed by atoms with Crippen LogP contribution in [0.25, 0.3) is 0 Å². The third-order valence-corrected chi connectivity index (χ3v) is 2.83. The molecule has 110 valence electrons. The summed E-state index contributed by atoms with van der Waals surface area (Å²) in [6.45, 7) is -0.337. The number of hydrogen-bond acceptors (Lipinski definition) is 4. The molecule has 2 aromatic rings. The first kappa shape index (κ1) is 14.8. The number of carbonyl (C=O) groups excluding carboxylic acids is 1. The lowest BCUT2D eigenvalue weighted by Crippen LogP contribution is -2.09. The van der Waals surface area contributed by atoms with E-state index in [1.807, 2.05) is 0 Å². The number of carbonyl (C=O) groups is 1. The second-order valence-electron chi connectivity index (χ2n) is 4.25. The minimum atomic E-state index is -0.915. The van der Waals surface area contributed by atoms with Gasteiger partial charge in [0, 0.05) is 11.3 Å². The molecule has 0 aliphatic carbocycles. The van der Waals surface area contributed by atoms with E-state index in [1.165, 1.54) is 31.4 Å². The molecule has 2 N–H and O–H groups in total. The third-order valence-electron chi connectivity index (χ3n) is 2.83. The topological polar surface area (TPSA) is 61.5 Å². The minimum Gasteiger partial charge on any atom is -0.494 e. The summed E-state index contributed by atoms with van der Waals surface area (Å²) in [6.07, 6.45) is 0. The Morgan fingerprint density at radius 2 is 2.00 bits per heavy atom. The average Bonchev–Trinajstić information content (AvgIpc) is 2.48. The summed E-state index contributed by atoms with van der Waals surface area (Å²) in [7, 11) is 1.33. The maximum absolute atomic E-state index is 13.9. The normalized spacial score (nSPS) is 10.2. The van der Waals surface area contributed by atoms with Gasteiger partial charge in [-0.15, -0.1) is 0 Å². The summed E-state index contributed by atoms with van der Waals surface area (Å²) in [4.78, 5) is 11.8. The quantitative estimate of drug-likeness (QED) is 0.695. The number of anilines is 1. The Morgan fingerprint density at radius 3 is 2.71 bits per heavy atom. The fourth-order valence-electron chi connectivity index (χ4n) is 1.75. The Kier molecular flexibility index (Phi) is 4.37. The molecule has 0 amide bonds. The van der Waals surface area contributed by atoms with Crippen LogP contribution >= 0.6 is 0 Å². The van der Waals surface area contributed by atoms with Crippen molar-refractivity contribution >= 4 is 11.7 Å². The van der Waals surface area contributed by atoms with Gasteiger partial charge in [0.15, 0.2) is 11.6 Å². The summed E-state index contributed by atoms with van der Waals surface area (Å²) in [5.74, 6) is -2.25. The van der Waals surface area contributed by atoms with Gasteiger partial charge in [-0.2, -0.15) is 0 Å². The Balaban J connectivity index is 2.13. The van der Waals surface area contributed by atoms with Gasteiger partial charge < -0.3 is 15.2 Å². The van der Waals surface area contributed by atoms with E-state index in [0.717, 1.165) is 6.07 Å². The van der Waals surface area contributed by atoms with Gasteiger partial charge in [-0.3, -0.25) is 0 Å². The van der Waals surface area contributed by atoms with Gasteiger partial charge in [0.05, 0.1) is 12.7 Å². The molecule has 0 bridgehead atoms. The van der Waals surface area contributed by atoms with Gasteiger partial charge in [-0.05, 0) is 24.3 Å². The zero-order valence-electron chi connectivity index (χ0n) is 11.2. The number of methoxy groups -OCH3 is 1. The first-order valence-electron chi connectivity index (χ1n) is 6.06. The van der Waals surface area contributed by atoms with Gasteiger partial charge in [0.2, 0.25) is 0 Å². The second-order valence-corrected chi connectivity index (χ2v) is 4.25. The molecule has 4 nitrogen and oxygen atoms in total. The largest absolute Gasteiger partial charge is 0.494 e. The van der Waals surface area contributed by atoms with Crippen LogP contribution in [0, 0.1) is 11.6 Å². The van der Waals surface area contributed by atoms with Crippen molar-refractivity contribution < 1.29 is 23.0 Å². The minimum absolute atomic E-state index is 0.0404. The summed E-state index contributed by atoms with van der Waals surface area (Å²) in [5.41, 5.74) is 5.55. The molecular weight excluding hydrogens is 280 g/mol. The van der Waals surface area contributed by atoms with Crippen LogP contribution in [0.3, 0.4) is 0 Å². The molecule has 0 heterocycles. The molecule has 6 heteroatoms. The molecule has 2 aromatic carbocycles. The SMILES string of the molecule is COc1cccc(COC(=O)c2cc(N)ccc2F)c1F. The molecule has 0 aliphatic heterocycles. The fraction of sp³-hybridized carbons (Fsp3) is 0.133. The molecule has 0 fully saturated rings. The molecule has 0 spiro atoms. The second kappa shape index (κ2) is 6.21. The number of nitrogen functional groups attached to an aromatic ring is 1. The highest BCUT2D eigenvalue weighted by Crippen LogP contribution is 2.21. The average molecular weight is 293 g/mol. The predicted octanol–water partition coefficient (Wildman–Crippen LogP) is 2.91. The number of halogens is 2. The molecule has 0 unspecified atom stereocenters. The Morgan fingerprint density at radius 1 is 1.24 bits per heavy atom. The summed E-state index contributed by atoms with van der Waals surface area (Å²) in [5, 5.41) is 0. The van der Waals surface area contributed by atoms with Crippen LogP contribution in [0.5, 0.6) is 5.75 Å². The van der Waals surface area contributed by atoms with Crippen LogP contribution in [-0.2, 0) is 11.3 Å². The van der Waals surface area contributed by atoms with Crippen molar-refractivity contribution in [3.05, 3.63) is 59.2 Å². The molecule has 2 rings (SSSR count). The molecule has 0 saturated heterocycles. The van der Waals surface area contributed by atoms with Crippen LogP contribution in [-0.4, -0.2) is 13.1 Å². The number of ether oxygens (including phenoxy) is 2. The zero-order chi connectivity index (χ0) is 15.4. The first-order valence-corrected chi connectivity index (χ1v) is 6.06. The molecule has 0 aliphatic rings. The molecule has 0 radical (unpaired) electrons. The predicted molar refractivity (Wildman–Crippen MR) is 72.9 cm³/mol. The summed E-state index contributed by atoms with van der Waals surface area (Å²) < 4.78 is 37.1. The van der Waals surface area contributed by atoms with Gasteiger partial charge in [-0.1, -0.05) is 12.1 Å². The van der Waals surface area contributed by atoms with Crippen molar-refractivity contribution in [1.82, 2.24) is 0 Å². The van der Waals surface area contributed by atoms with Crippen LogP contribution in [0.15, 0.2) is 36.4 Å². The van der Waals surface area contributed by atoms with Gasteiger partial charge >= 0.3 is 5.97 Å². The number of rotatable bonds is 4. The summed E-state index contributed by atoms with van der Waals surface area (Å²) in [6, 6.07) is 8.01. The fourth-order valence-corrected chi connectivity index (χ4v) is 1.75. The van der Waals surface area contributed by atoms with Crippen molar-refractivity contribution in [2.75, 3.05) is 12.8 Å². The van der Waals surface area contributed by atoms with Crippen LogP contribution in [0.4, 0.5) is 14.5 Å². The van der Waals surface area contributed by atoms with Gasteiger partial charge in [-0.25, -0.2) is 13.6 Å². The highest BCUT2D eigenvalue weighted by molar-refractivity contribution is 5.90. The first-order chi connectivity index (χ1) is 10.0. The molecule has 21 heavy (non-hydrogen) atoms. The zero-order valence-corrected chi connectivity index (χ0v) is 11.2. The number of esters is 1. The van der Waals surface area contributed by atoms with Crippen LogP contribution in [0.1, 0.15) is 15.9 Å². The maximum Gasteiger partial charge on any atom is 0.341 e. The molecule has 0 aromatic heterocycles. The Bertz CT molecular complexity index is 674. The smallest absolute Gasteiger partial charge is 0.341 e. The van der Waals surface area contributed by atoms with E-state index in [1.54, 1.807) is 6.07 Å². The van der Waals surface area contributed by atoms with Crippen LogP contribution in [0.2, 0.25) is 0 Å². The van der Waals surface area contributed by atoms with E-state index in [2.05, 4.69) is 0 Å². The van der Waals surface area contributed by atoms with Crippen LogP contribution < -0.4 is 10.5 Å². The van der Waals surface area contributed by atoms with E-state index in [-0.39, 0.29) is 29.2 Å². The Hall–Kier alpha value is -2.63. The Labute approximate surface area is 120 Å². The van der Waals surface area contributed by atoms with Gasteiger partial charge in [0.25, 0.3) is 0 Å². The van der Waals surface area contributed by atoms with E-state index in [4.69, 9.17) is 15.2 Å². The lowest BCUT2D eigenvalue weighted by atomic mass is 10.2. The van der Waals surface area contributed by atoms with E-state index < -0.39 is 17.6 Å². The van der Waals surface area contributed by atoms with Crippen molar-refractivity contribution in [2.24, 2.45) is 0 Å². The van der Waals surface area contributed by atoms with Crippen molar-refractivity contribution in [1.29, 1.82) is 0 Å². The lowest BCUT2D eigenvalue weighted by molar-refractivity contribution is 0.0463. The van der Waals surface area contributed by atoms with E-state index >= 15 is 0 Å². The number of nitrogens with two attached hydrogens (primary N) is 1. The monoisotopic (exact) mass is 293 g/mol. The standard InChI is InChI=1S/C15H13F2NO3/c1-20-13-4-2-3-9(14(13)17)8-21-15(19)11-7-10(18)5-6-12(11)16/h2-7H,8,18H2,1H3. The highest BCUT2D eigenvalue weighted by Gasteiger charge is 2.15. The van der Waals surface area contributed by atoms with Gasteiger partial charge in [0.1, 0.15) is 12.4 Å². The van der Waals surface area contributed by atoms with E-state index in [9.17, 15) is 13.6 Å². The highest BCUT2D eigenvalue weighted by atomic mass is 19.1. The third kappa shape index (κ3) is 3.28. The lowest BCUT2D eigenvalue weighted by Gasteiger charge is -2.09. The molecule has 0 atom stereocenters. The summed E-state index contributed by atoms with van der Waals surface area (Å²) >= 11 is 0. The molecular formula is C15H13F2NO3.